The molecule has 26 heavy (non-hydrogen) atoms. The fraction of sp³-hybridized carbons (Fsp3) is 0.667. The summed E-state index contributed by atoms with van der Waals surface area (Å²) in [6.07, 6.45) is 12.4. The quantitative estimate of drug-likeness (QED) is 0.347. The number of hydrogen-bond donors (Lipinski definition) is 3. The van der Waals surface area contributed by atoms with Crippen LogP contribution >= 0.6 is 0 Å². The third-order valence-corrected chi connectivity index (χ3v) is 5.47. The first-order valence-corrected chi connectivity index (χ1v) is 11.0. The van der Waals surface area contributed by atoms with Gasteiger partial charge in [-0.1, -0.05) is 69.9 Å². The summed E-state index contributed by atoms with van der Waals surface area (Å²) in [6, 6.07) is 2.91. The van der Waals surface area contributed by atoms with Crippen LogP contribution in [0.25, 0.3) is 11.0 Å². The number of rotatable bonds is 13. The van der Waals surface area contributed by atoms with E-state index >= 15 is 0 Å². The van der Waals surface area contributed by atoms with Gasteiger partial charge in [0.1, 0.15) is 10.4 Å². The molecule has 8 heteroatoms. The van der Waals surface area contributed by atoms with E-state index in [2.05, 4.69) is 27.7 Å². The highest BCUT2D eigenvalue weighted by Crippen LogP contribution is 2.28. The summed E-state index contributed by atoms with van der Waals surface area (Å²) in [5, 5.41) is 13.4. The monoisotopic (exact) mass is 382 g/mol. The van der Waals surface area contributed by atoms with Crippen LogP contribution in [0.2, 0.25) is 0 Å². The van der Waals surface area contributed by atoms with Gasteiger partial charge in [0.2, 0.25) is 0 Å². The van der Waals surface area contributed by atoms with E-state index in [0.717, 1.165) is 12.8 Å². The molecule has 0 radical (unpaired) electrons. The molecular weight excluding hydrogens is 352 g/mol. The van der Waals surface area contributed by atoms with Crippen molar-refractivity contribution in [2.45, 2.75) is 76.0 Å². The van der Waals surface area contributed by atoms with E-state index in [1.54, 1.807) is 6.07 Å². The molecule has 0 amide bonds. The Morgan fingerprint density at radius 1 is 1.00 bits per heavy atom. The van der Waals surface area contributed by atoms with Gasteiger partial charge in [-0.05, 0) is 18.6 Å². The van der Waals surface area contributed by atoms with Crippen molar-refractivity contribution in [3.05, 3.63) is 12.1 Å². The van der Waals surface area contributed by atoms with Gasteiger partial charge < -0.3 is 5.32 Å². The molecule has 1 aromatic carbocycles. The van der Waals surface area contributed by atoms with Crippen LogP contribution in [0.1, 0.15) is 71.1 Å². The lowest BCUT2D eigenvalue weighted by Crippen LogP contribution is -2.08. The van der Waals surface area contributed by atoms with E-state index in [1.165, 1.54) is 57.4 Å². The van der Waals surface area contributed by atoms with Gasteiger partial charge >= 0.3 is 0 Å². The summed E-state index contributed by atoms with van der Waals surface area (Å²) >= 11 is 0. The highest BCUT2D eigenvalue weighted by Gasteiger charge is 2.19. The number of fused-ring (bicyclic) bond motifs is 1. The first-order valence-electron chi connectivity index (χ1n) is 9.59. The Bertz CT molecular complexity index is 774. The van der Waals surface area contributed by atoms with Gasteiger partial charge in [0.15, 0.2) is 0 Å². The minimum Gasteiger partial charge on any atom is -0.382 e. The lowest BCUT2D eigenvalue weighted by atomic mass is 10.1. The standard InChI is InChI=1S/C18H30N4O3S/c1-2-3-4-5-6-7-8-9-10-11-14-19-18-16(26(23,24)25)13-12-15-17(18)21-22-20-15/h12-13,19H,2-11,14H2,1H3,(H,20,21,22)(H,23,24,25). The van der Waals surface area contributed by atoms with Gasteiger partial charge in [-0.3, -0.25) is 9.65 Å². The topological polar surface area (TPSA) is 108 Å². The van der Waals surface area contributed by atoms with Gasteiger partial charge in [-0.2, -0.15) is 8.42 Å². The Labute approximate surface area is 155 Å². The number of anilines is 1. The largest absolute Gasteiger partial charge is 0.382 e. The van der Waals surface area contributed by atoms with E-state index in [1.807, 2.05) is 0 Å². The van der Waals surface area contributed by atoms with Crippen LogP contribution in [-0.4, -0.2) is 34.9 Å². The third-order valence-electron chi connectivity index (χ3n) is 4.57. The minimum absolute atomic E-state index is 0.161. The van der Waals surface area contributed by atoms with Gasteiger partial charge in [-0.15, -0.1) is 5.10 Å². The molecule has 7 nitrogen and oxygen atoms in total. The zero-order valence-corrected chi connectivity index (χ0v) is 16.3. The molecular formula is C18H30N4O3S. The SMILES string of the molecule is CCCCCCCCCCCCNc1c(S(=O)(=O)O)ccc2[nH]nnc12. The van der Waals surface area contributed by atoms with E-state index in [9.17, 15) is 13.0 Å². The average Bonchev–Trinajstić information content (AvgIpc) is 3.07. The number of benzene rings is 1. The molecule has 2 aromatic rings. The molecule has 0 fully saturated rings. The highest BCUT2D eigenvalue weighted by molar-refractivity contribution is 7.86. The second-order valence-corrected chi connectivity index (χ2v) is 8.12. The van der Waals surface area contributed by atoms with Gasteiger partial charge in [0.05, 0.1) is 11.2 Å². The van der Waals surface area contributed by atoms with Crippen molar-refractivity contribution in [3.8, 4) is 0 Å². The number of nitrogens with one attached hydrogen (secondary N) is 2. The molecule has 1 heterocycles. The van der Waals surface area contributed by atoms with E-state index in [0.29, 0.717) is 23.3 Å². The molecule has 0 spiro atoms. The molecule has 0 atom stereocenters. The first-order chi connectivity index (χ1) is 12.5. The second-order valence-electron chi connectivity index (χ2n) is 6.73. The summed E-state index contributed by atoms with van der Waals surface area (Å²) in [5.41, 5.74) is 1.37. The molecule has 2 rings (SSSR count). The Morgan fingerprint density at radius 3 is 2.23 bits per heavy atom. The van der Waals surface area contributed by atoms with Crippen LogP contribution in [0, 0.1) is 0 Å². The Hall–Kier alpha value is -1.67. The summed E-state index contributed by atoms with van der Waals surface area (Å²) in [4.78, 5) is -0.161. The lowest BCUT2D eigenvalue weighted by Gasteiger charge is -2.10. The van der Waals surface area contributed by atoms with Crippen LogP contribution in [0.4, 0.5) is 5.69 Å². The Balaban J connectivity index is 1.74. The summed E-state index contributed by atoms with van der Waals surface area (Å²) in [5.74, 6) is 0. The van der Waals surface area contributed by atoms with Gasteiger partial charge in [-0.25, -0.2) is 0 Å². The maximum absolute atomic E-state index is 11.6. The van der Waals surface area contributed by atoms with Gasteiger partial charge in [0.25, 0.3) is 10.1 Å². The molecule has 0 saturated carbocycles. The molecule has 0 aliphatic carbocycles. The average molecular weight is 383 g/mol. The smallest absolute Gasteiger partial charge is 0.296 e. The summed E-state index contributed by atoms with van der Waals surface area (Å²) in [6.45, 7) is 2.86. The van der Waals surface area contributed by atoms with E-state index in [-0.39, 0.29) is 4.90 Å². The van der Waals surface area contributed by atoms with Crippen LogP contribution in [0.3, 0.4) is 0 Å². The number of H-pyrrole nitrogens is 1. The predicted molar refractivity (Wildman–Crippen MR) is 104 cm³/mol. The lowest BCUT2D eigenvalue weighted by molar-refractivity contribution is 0.483. The van der Waals surface area contributed by atoms with E-state index in [4.69, 9.17) is 0 Å². The van der Waals surface area contributed by atoms with Crippen LogP contribution in [-0.2, 0) is 10.1 Å². The number of aromatic amines is 1. The molecule has 0 saturated heterocycles. The van der Waals surface area contributed by atoms with Crippen molar-refractivity contribution in [1.29, 1.82) is 0 Å². The fourth-order valence-corrected chi connectivity index (χ4v) is 3.77. The molecule has 0 aliphatic heterocycles. The fourth-order valence-electron chi connectivity index (χ4n) is 3.11. The van der Waals surface area contributed by atoms with Crippen LogP contribution in [0.15, 0.2) is 17.0 Å². The van der Waals surface area contributed by atoms with Crippen molar-refractivity contribution >= 4 is 26.8 Å². The van der Waals surface area contributed by atoms with E-state index < -0.39 is 10.1 Å². The highest BCUT2D eigenvalue weighted by atomic mass is 32.2. The summed E-state index contributed by atoms with van der Waals surface area (Å²) < 4.78 is 32.6. The maximum atomic E-state index is 11.6. The first kappa shape index (κ1) is 20.6. The van der Waals surface area contributed by atoms with Crippen molar-refractivity contribution in [3.63, 3.8) is 0 Å². The predicted octanol–water partition coefficient (Wildman–Crippen LogP) is 4.54. The normalized spacial score (nSPS) is 11.9. The van der Waals surface area contributed by atoms with Crippen LogP contribution in [0.5, 0.6) is 0 Å². The Kier molecular flexibility index (Phi) is 8.31. The van der Waals surface area contributed by atoms with Crippen LogP contribution < -0.4 is 5.32 Å². The molecule has 3 N–H and O–H groups in total. The zero-order valence-electron chi connectivity index (χ0n) is 15.5. The number of unbranched alkanes of at least 4 members (excludes halogenated alkanes) is 9. The zero-order chi connectivity index (χ0) is 18.8. The molecule has 1 aromatic heterocycles. The van der Waals surface area contributed by atoms with Crippen molar-refractivity contribution in [2.75, 3.05) is 11.9 Å². The molecule has 0 aliphatic rings. The third kappa shape index (κ3) is 6.25. The van der Waals surface area contributed by atoms with Crippen molar-refractivity contribution in [2.24, 2.45) is 0 Å². The summed E-state index contributed by atoms with van der Waals surface area (Å²) in [7, 11) is -4.31. The Morgan fingerprint density at radius 2 is 1.62 bits per heavy atom. The van der Waals surface area contributed by atoms with Crippen molar-refractivity contribution < 1.29 is 13.0 Å². The molecule has 0 unspecified atom stereocenters. The molecule has 0 bridgehead atoms. The van der Waals surface area contributed by atoms with Gasteiger partial charge in [0, 0.05) is 6.54 Å². The number of hydrogen-bond acceptors (Lipinski definition) is 5. The molecule has 146 valence electrons. The maximum Gasteiger partial charge on any atom is 0.296 e. The second kappa shape index (κ2) is 10.5. The number of nitrogens with zero attached hydrogens (tertiary/aromatic N) is 2. The number of aromatic nitrogens is 3. The van der Waals surface area contributed by atoms with Crippen molar-refractivity contribution in [1.82, 2.24) is 15.4 Å². The minimum atomic E-state index is -4.31.